The highest BCUT2D eigenvalue weighted by molar-refractivity contribution is 5.66. The van der Waals surface area contributed by atoms with Crippen LogP contribution in [0.2, 0.25) is 0 Å². The molecule has 0 aliphatic rings. The molecule has 1 aromatic heterocycles. The van der Waals surface area contributed by atoms with Crippen molar-refractivity contribution < 1.29 is 0 Å². The second kappa shape index (κ2) is 10.0. The van der Waals surface area contributed by atoms with Crippen LogP contribution in [-0.2, 0) is 0 Å². The van der Waals surface area contributed by atoms with E-state index < -0.39 is 0 Å². The van der Waals surface area contributed by atoms with E-state index in [-0.39, 0.29) is 0 Å². The van der Waals surface area contributed by atoms with Gasteiger partial charge in [0.25, 0.3) is 0 Å². The SMILES string of the molecule is CC(C)c1ccc(Nc2nc(NCCCN(C)C)cc(-c3ccccc3)n2)cc1. The first-order valence-electron chi connectivity index (χ1n) is 10.2. The largest absolute Gasteiger partial charge is 0.370 e. The molecule has 152 valence electrons. The monoisotopic (exact) mass is 389 g/mol. The number of hydrogen-bond acceptors (Lipinski definition) is 5. The maximum atomic E-state index is 4.74. The van der Waals surface area contributed by atoms with Gasteiger partial charge in [-0.1, -0.05) is 56.3 Å². The molecular formula is C24H31N5. The quantitative estimate of drug-likeness (QED) is 0.482. The first-order valence-corrected chi connectivity index (χ1v) is 10.2. The molecule has 3 aromatic rings. The number of hydrogen-bond donors (Lipinski definition) is 2. The molecular weight excluding hydrogens is 358 g/mol. The Labute approximate surface area is 174 Å². The topological polar surface area (TPSA) is 53.1 Å². The molecule has 2 N–H and O–H groups in total. The fourth-order valence-corrected chi connectivity index (χ4v) is 3.04. The van der Waals surface area contributed by atoms with Gasteiger partial charge in [-0.15, -0.1) is 0 Å². The third-order valence-corrected chi connectivity index (χ3v) is 4.72. The number of anilines is 3. The molecule has 0 spiro atoms. The van der Waals surface area contributed by atoms with Crippen molar-refractivity contribution in [2.75, 3.05) is 37.8 Å². The van der Waals surface area contributed by atoms with Crippen LogP contribution in [0.3, 0.4) is 0 Å². The summed E-state index contributed by atoms with van der Waals surface area (Å²) in [6.45, 7) is 6.30. The molecule has 0 unspecified atom stereocenters. The molecule has 0 aliphatic carbocycles. The Hall–Kier alpha value is -2.92. The van der Waals surface area contributed by atoms with Crippen molar-refractivity contribution in [1.82, 2.24) is 14.9 Å². The zero-order valence-electron chi connectivity index (χ0n) is 17.8. The smallest absolute Gasteiger partial charge is 0.229 e. The van der Waals surface area contributed by atoms with Gasteiger partial charge < -0.3 is 15.5 Å². The zero-order chi connectivity index (χ0) is 20.6. The summed E-state index contributed by atoms with van der Waals surface area (Å²) < 4.78 is 0. The Bertz CT molecular complexity index is 889. The summed E-state index contributed by atoms with van der Waals surface area (Å²) in [4.78, 5) is 11.6. The molecule has 0 radical (unpaired) electrons. The van der Waals surface area contributed by atoms with Gasteiger partial charge in [0.15, 0.2) is 0 Å². The lowest BCUT2D eigenvalue weighted by Gasteiger charge is -2.13. The predicted octanol–water partition coefficient (Wildman–Crippen LogP) is 5.37. The first kappa shape index (κ1) is 20.8. The van der Waals surface area contributed by atoms with Crippen LogP contribution in [-0.4, -0.2) is 42.1 Å². The number of rotatable bonds is 9. The second-order valence-electron chi connectivity index (χ2n) is 7.81. The van der Waals surface area contributed by atoms with Gasteiger partial charge in [0.2, 0.25) is 5.95 Å². The molecule has 1 heterocycles. The van der Waals surface area contributed by atoms with Gasteiger partial charge in [0, 0.05) is 23.9 Å². The fraction of sp³-hybridized carbons (Fsp3) is 0.333. The Balaban J connectivity index is 1.81. The van der Waals surface area contributed by atoms with Crippen LogP contribution >= 0.6 is 0 Å². The minimum absolute atomic E-state index is 0.514. The van der Waals surface area contributed by atoms with Crippen LogP contribution in [0, 0.1) is 0 Å². The van der Waals surface area contributed by atoms with Crippen LogP contribution in [0.5, 0.6) is 0 Å². The minimum atomic E-state index is 0.514. The summed E-state index contributed by atoms with van der Waals surface area (Å²) in [5.41, 5.74) is 4.28. The van der Waals surface area contributed by atoms with Gasteiger partial charge in [-0.3, -0.25) is 0 Å². The standard InChI is InChI=1S/C24H31N5/c1-18(2)19-11-13-21(14-12-19)26-24-27-22(20-9-6-5-7-10-20)17-23(28-24)25-15-8-16-29(3)4/h5-7,9-14,17-18H,8,15-16H2,1-4H3,(H2,25,26,27,28). The summed E-state index contributed by atoms with van der Waals surface area (Å²) in [6, 6.07) is 20.7. The number of aromatic nitrogens is 2. The third-order valence-electron chi connectivity index (χ3n) is 4.72. The average Bonchev–Trinajstić information content (AvgIpc) is 2.72. The fourth-order valence-electron chi connectivity index (χ4n) is 3.04. The maximum absolute atomic E-state index is 4.74. The summed E-state index contributed by atoms with van der Waals surface area (Å²) in [5, 5.41) is 6.80. The van der Waals surface area contributed by atoms with Gasteiger partial charge in [-0.05, 0) is 50.7 Å². The summed E-state index contributed by atoms with van der Waals surface area (Å²) in [5.74, 6) is 1.94. The highest BCUT2D eigenvalue weighted by Crippen LogP contribution is 2.24. The highest BCUT2D eigenvalue weighted by Gasteiger charge is 2.08. The van der Waals surface area contributed by atoms with E-state index in [1.807, 2.05) is 24.3 Å². The van der Waals surface area contributed by atoms with Crippen molar-refractivity contribution in [3.63, 3.8) is 0 Å². The lowest BCUT2D eigenvalue weighted by Crippen LogP contribution is -2.16. The molecule has 5 heteroatoms. The van der Waals surface area contributed by atoms with Gasteiger partial charge in [-0.25, -0.2) is 4.98 Å². The molecule has 2 aromatic carbocycles. The van der Waals surface area contributed by atoms with Crippen molar-refractivity contribution >= 4 is 17.5 Å². The summed E-state index contributed by atoms with van der Waals surface area (Å²) in [7, 11) is 4.18. The van der Waals surface area contributed by atoms with E-state index in [9.17, 15) is 0 Å². The van der Waals surface area contributed by atoms with Crippen molar-refractivity contribution in [2.45, 2.75) is 26.2 Å². The van der Waals surface area contributed by atoms with E-state index in [1.165, 1.54) is 5.56 Å². The van der Waals surface area contributed by atoms with Crippen LogP contribution in [0.1, 0.15) is 31.7 Å². The lowest BCUT2D eigenvalue weighted by molar-refractivity contribution is 0.405. The number of nitrogens with one attached hydrogen (secondary N) is 2. The summed E-state index contributed by atoms with van der Waals surface area (Å²) in [6.07, 6.45) is 1.05. The van der Waals surface area contributed by atoms with Crippen LogP contribution in [0.25, 0.3) is 11.3 Å². The molecule has 0 amide bonds. The Morgan fingerprint density at radius 1 is 0.931 bits per heavy atom. The van der Waals surface area contributed by atoms with Crippen molar-refractivity contribution in [2.24, 2.45) is 0 Å². The van der Waals surface area contributed by atoms with E-state index in [4.69, 9.17) is 4.98 Å². The van der Waals surface area contributed by atoms with E-state index in [2.05, 4.69) is 84.9 Å². The Kier molecular flexibility index (Phi) is 7.19. The van der Waals surface area contributed by atoms with Gasteiger partial charge in [-0.2, -0.15) is 4.98 Å². The molecule has 0 saturated carbocycles. The van der Waals surface area contributed by atoms with Crippen LogP contribution in [0.15, 0.2) is 60.7 Å². The molecule has 0 saturated heterocycles. The predicted molar refractivity (Wildman–Crippen MR) is 123 cm³/mol. The molecule has 0 aliphatic heterocycles. The molecule has 5 nitrogen and oxygen atoms in total. The number of nitrogens with zero attached hydrogens (tertiary/aromatic N) is 3. The molecule has 0 bridgehead atoms. The Morgan fingerprint density at radius 3 is 2.31 bits per heavy atom. The third kappa shape index (κ3) is 6.29. The normalized spacial score (nSPS) is 11.1. The first-order chi connectivity index (χ1) is 14.0. The van der Waals surface area contributed by atoms with Crippen molar-refractivity contribution in [1.29, 1.82) is 0 Å². The molecule has 29 heavy (non-hydrogen) atoms. The van der Waals surface area contributed by atoms with Gasteiger partial charge in [0.05, 0.1) is 5.69 Å². The van der Waals surface area contributed by atoms with E-state index in [0.717, 1.165) is 42.3 Å². The molecule has 0 fully saturated rings. The highest BCUT2D eigenvalue weighted by atomic mass is 15.1. The summed E-state index contributed by atoms with van der Waals surface area (Å²) >= 11 is 0. The van der Waals surface area contributed by atoms with E-state index >= 15 is 0 Å². The molecule has 0 atom stereocenters. The van der Waals surface area contributed by atoms with Crippen molar-refractivity contribution in [3.8, 4) is 11.3 Å². The van der Waals surface area contributed by atoms with Crippen LogP contribution < -0.4 is 10.6 Å². The molecule has 3 rings (SSSR count). The lowest BCUT2D eigenvalue weighted by atomic mass is 10.0. The van der Waals surface area contributed by atoms with Crippen LogP contribution in [0.4, 0.5) is 17.5 Å². The minimum Gasteiger partial charge on any atom is -0.370 e. The second-order valence-corrected chi connectivity index (χ2v) is 7.81. The zero-order valence-corrected chi connectivity index (χ0v) is 17.8. The Morgan fingerprint density at radius 2 is 1.66 bits per heavy atom. The van der Waals surface area contributed by atoms with E-state index in [1.54, 1.807) is 0 Å². The van der Waals surface area contributed by atoms with Crippen molar-refractivity contribution in [3.05, 3.63) is 66.2 Å². The maximum Gasteiger partial charge on any atom is 0.229 e. The number of benzene rings is 2. The average molecular weight is 390 g/mol. The van der Waals surface area contributed by atoms with Gasteiger partial charge in [0.1, 0.15) is 5.82 Å². The van der Waals surface area contributed by atoms with Gasteiger partial charge >= 0.3 is 0 Å². The van der Waals surface area contributed by atoms with E-state index in [0.29, 0.717) is 11.9 Å².